The largest absolute Gasteiger partial charge is 0.344 e. The second-order valence-corrected chi connectivity index (χ2v) is 7.32. The Hall–Kier alpha value is -1.69. The van der Waals surface area contributed by atoms with Gasteiger partial charge in [0.15, 0.2) is 0 Å². The third-order valence-electron chi connectivity index (χ3n) is 3.80. The Morgan fingerprint density at radius 1 is 1.26 bits per heavy atom. The normalized spacial score (nSPS) is 12.7. The van der Waals surface area contributed by atoms with Gasteiger partial charge in [0.25, 0.3) is 0 Å². The lowest BCUT2D eigenvalue weighted by Crippen LogP contribution is -2.18. The van der Waals surface area contributed by atoms with E-state index in [0.29, 0.717) is 12.3 Å². The number of nitrogens with one attached hydrogen (secondary N) is 1. The highest BCUT2D eigenvalue weighted by molar-refractivity contribution is 7.82. The van der Waals surface area contributed by atoms with E-state index in [1.807, 2.05) is 38.4 Å². The Morgan fingerprint density at radius 2 is 2.09 bits per heavy atom. The van der Waals surface area contributed by atoms with Gasteiger partial charge >= 0.3 is 0 Å². The number of fused-ring (bicyclic) bond motifs is 1. The van der Waals surface area contributed by atoms with Gasteiger partial charge in [0.1, 0.15) is 0 Å². The Labute approximate surface area is 143 Å². The molecule has 6 heteroatoms. The third kappa shape index (κ3) is 3.47. The zero-order valence-corrected chi connectivity index (χ0v) is 14.6. The molecule has 0 amide bonds. The smallest absolute Gasteiger partial charge is 0.0915 e. The van der Waals surface area contributed by atoms with Crippen molar-refractivity contribution in [2.24, 2.45) is 7.05 Å². The molecular weight excluding hydrogens is 330 g/mol. The first-order valence-electron chi connectivity index (χ1n) is 7.39. The first kappa shape index (κ1) is 16.2. The second kappa shape index (κ2) is 6.83. The highest BCUT2D eigenvalue weighted by Gasteiger charge is 2.09. The van der Waals surface area contributed by atoms with Crippen LogP contribution in [0.15, 0.2) is 42.7 Å². The first-order valence-corrected chi connectivity index (χ1v) is 9.09. The van der Waals surface area contributed by atoms with Gasteiger partial charge in [-0.15, -0.1) is 0 Å². The van der Waals surface area contributed by atoms with Gasteiger partial charge in [-0.25, -0.2) is 8.93 Å². The fraction of sp³-hybridized carbons (Fsp3) is 0.235. The summed E-state index contributed by atoms with van der Waals surface area (Å²) in [5.41, 5.74) is 4.20. The van der Waals surface area contributed by atoms with Gasteiger partial charge in [-0.05, 0) is 29.8 Å². The summed E-state index contributed by atoms with van der Waals surface area (Å²) < 4.78 is 16.6. The highest BCUT2D eigenvalue weighted by atomic mass is 35.5. The van der Waals surface area contributed by atoms with Crippen LogP contribution in [0.3, 0.4) is 0 Å². The maximum Gasteiger partial charge on any atom is 0.0915 e. The number of hydrogen-bond donors (Lipinski definition) is 1. The fourth-order valence-electron chi connectivity index (χ4n) is 2.57. The van der Waals surface area contributed by atoms with Gasteiger partial charge in [0.05, 0.1) is 16.7 Å². The van der Waals surface area contributed by atoms with E-state index in [-0.39, 0.29) is 0 Å². The third-order valence-corrected chi connectivity index (χ3v) is 5.02. The van der Waals surface area contributed by atoms with Crippen LogP contribution in [0.5, 0.6) is 0 Å². The Bertz CT molecular complexity index is 875. The first-order chi connectivity index (χ1) is 11.1. The molecule has 2 heterocycles. The minimum absolute atomic E-state index is 0.539. The Kier molecular flexibility index (Phi) is 4.80. The van der Waals surface area contributed by atoms with Gasteiger partial charge in [-0.2, -0.15) is 0 Å². The standard InChI is InChI=1S/C17H18ClN3OS/c1-3-23(22)20-10-12-6-14(11-19-9-12)16-7-13-4-5-15(18)8-17(13)21(16)2/h4-9,11,20H,3,10H2,1-2H3. The molecule has 0 radical (unpaired) electrons. The number of pyridine rings is 1. The van der Waals surface area contributed by atoms with Crippen LogP contribution in [-0.2, 0) is 24.6 Å². The molecule has 1 atom stereocenters. The number of rotatable bonds is 5. The van der Waals surface area contributed by atoms with Crippen molar-refractivity contribution >= 4 is 33.5 Å². The van der Waals surface area contributed by atoms with Crippen LogP contribution in [0.25, 0.3) is 22.2 Å². The van der Waals surface area contributed by atoms with Crippen molar-refractivity contribution in [3.8, 4) is 11.3 Å². The number of halogens is 1. The van der Waals surface area contributed by atoms with E-state index in [4.69, 9.17) is 11.6 Å². The van der Waals surface area contributed by atoms with Crippen molar-refractivity contribution < 1.29 is 4.21 Å². The number of nitrogens with zero attached hydrogens (tertiary/aromatic N) is 2. The maximum absolute atomic E-state index is 11.5. The predicted molar refractivity (Wildman–Crippen MR) is 96.7 cm³/mol. The number of benzene rings is 1. The lowest BCUT2D eigenvalue weighted by atomic mass is 10.1. The zero-order valence-electron chi connectivity index (χ0n) is 13.0. The van der Waals surface area contributed by atoms with Crippen LogP contribution in [0.1, 0.15) is 12.5 Å². The summed E-state index contributed by atoms with van der Waals surface area (Å²) in [6.45, 7) is 2.43. The molecule has 0 saturated heterocycles. The van der Waals surface area contributed by atoms with Crippen molar-refractivity contribution in [3.63, 3.8) is 0 Å². The predicted octanol–water partition coefficient (Wildman–Crippen LogP) is 3.67. The lowest BCUT2D eigenvalue weighted by molar-refractivity contribution is 0.672. The summed E-state index contributed by atoms with van der Waals surface area (Å²) in [6, 6.07) is 10.1. The molecule has 0 bridgehead atoms. The summed E-state index contributed by atoms with van der Waals surface area (Å²) in [7, 11) is 1.02. The molecular formula is C17H18ClN3OS. The quantitative estimate of drug-likeness (QED) is 0.765. The lowest BCUT2D eigenvalue weighted by Gasteiger charge is -2.07. The van der Waals surface area contributed by atoms with Crippen molar-refractivity contribution in [1.29, 1.82) is 0 Å². The molecule has 4 nitrogen and oxygen atoms in total. The van der Waals surface area contributed by atoms with Crippen molar-refractivity contribution in [2.75, 3.05) is 5.75 Å². The molecule has 0 spiro atoms. The summed E-state index contributed by atoms with van der Waals surface area (Å²) in [4.78, 5) is 4.32. The fourth-order valence-corrected chi connectivity index (χ4v) is 3.27. The molecule has 3 aromatic rings. The summed E-state index contributed by atoms with van der Waals surface area (Å²) in [5.74, 6) is 0.594. The monoisotopic (exact) mass is 347 g/mol. The zero-order chi connectivity index (χ0) is 16.4. The van der Waals surface area contributed by atoms with E-state index in [1.54, 1.807) is 6.20 Å². The molecule has 1 N–H and O–H groups in total. The molecule has 1 unspecified atom stereocenters. The molecule has 0 aliphatic rings. The number of aromatic nitrogens is 2. The average Bonchev–Trinajstić information content (AvgIpc) is 2.89. The highest BCUT2D eigenvalue weighted by Crippen LogP contribution is 2.29. The van der Waals surface area contributed by atoms with Gasteiger partial charge < -0.3 is 4.57 Å². The van der Waals surface area contributed by atoms with Crippen molar-refractivity contribution in [3.05, 3.63) is 53.3 Å². The van der Waals surface area contributed by atoms with Crippen LogP contribution in [0, 0.1) is 0 Å². The molecule has 0 aliphatic carbocycles. The molecule has 23 heavy (non-hydrogen) atoms. The van der Waals surface area contributed by atoms with Gasteiger partial charge in [0, 0.05) is 53.2 Å². The molecule has 0 aliphatic heterocycles. The van der Waals surface area contributed by atoms with Gasteiger partial charge in [0.2, 0.25) is 0 Å². The van der Waals surface area contributed by atoms with E-state index in [0.717, 1.165) is 32.7 Å². The number of aryl methyl sites for hydroxylation is 1. The summed E-state index contributed by atoms with van der Waals surface area (Å²) >= 11 is 6.09. The van der Waals surface area contributed by atoms with E-state index in [2.05, 4.69) is 26.4 Å². The van der Waals surface area contributed by atoms with Crippen LogP contribution < -0.4 is 4.72 Å². The van der Waals surface area contributed by atoms with E-state index in [9.17, 15) is 4.21 Å². The molecule has 2 aromatic heterocycles. The number of hydrogen-bond acceptors (Lipinski definition) is 2. The minimum Gasteiger partial charge on any atom is -0.344 e. The molecule has 120 valence electrons. The molecule has 1 aromatic carbocycles. The van der Waals surface area contributed by atoms with Crippen molar-refractivity contribution in [2.45, 2.75) is 13.5 Å². The van der Waals surface area contributed by atoms with Crippen molar-refractivity contribution in [1.82, 2.24) is 14.3 Å². The summed E-state index contributed by atoms with van der Waals surface area (Å²) in [6.07, 6.45) is 3.64. The second-order valence-electron chi connectivity index (χ2n) is 5.33. The Balaban J connectivity index is 1.95. The van der Waals surface area contributed by atoms with Crippen LogP contribution >= 0.6 is 11.6 Å². The topological polar surface area (TPSA) is 46.9 Å². The maximum atomic E-state index is 11.5. The van der Waals surface area contributed by atoms with E-state index >= 15 is 0 Å². The molecule has 3 rings (SSSR count). The van der Waals surface area contributed by atoms with Crippen LogP contribution in [-0.4, -0.2) is 19.5 Å². The minimum atomic E-state index is -0.996. The average molecular weight is 348 g/mol. The van der Waals surface area contributed by atoms with E-state index in [1.165, 1.54) is 0 Å². The SMILES string of the molecule is CCS(=O)NCc1cncc(-c2cc3ccc(Cl)cc3n2C)c1. The Morgan fingerprint density at radius 3 is 2.87 bits per heavy atom. The molecule has 0 fully saturated rings. The summed E-state index contributed by atoms with van der Waals surface area (Å²) in [5, 5.41) is 1.87. The van der Waals surface area contributed by atoms with Gasteiger partial charge in [-0.3, -0.25) is 4.98 Å². The molecule has 0 saturated carbocycles. The van der Waals surface area contributed by atoms with Crippen LogP contribution in [0.2, 0.25) is 5.02 Å². The van der Waals surface area contributed by atoms with Crippen LogP contribution in [0.4, 0.5) is 0 Å². The van der Waals surface area contributed by atoms with E-state index < -0.39 is 11.0 Å². The van der Waals surface area contributed by atoms with Gasteiger partial charge in [-0.1, -0.05) is 24.6 Å².